The SMILES string of the molecule is CNCCC1CCCCN1CCCF. The lowest BCUT2D eigenvalue weighted by molar-refractivity contribution is 0.135. The molecule has 84 valence electrons. The van der Waals surface area contributed by atoms with Crippen LogP contribution in [0.2, 0.25) is 0 Å². The van der Waals surface area contributed by atoms with Crippen LogP contribution in [0.3, 0.4) is 0 Å². The van der Waals surface area contributed by atoms with Gasteiger partial charge in [0.15, 0.2) is 0 Å². The zero-order chi connectivity index (χ0) is 10.2. The Morgan fingerprint density at radius 1 is 1.43 bits per heavy atom. The first kappa shape index (κ1) is 11.9. The highest BCUT2D eigenvalue weighted by atomic mass is 19.1. The molecule has 0 aromatic carbocycles. The van der Waals surface area contributed by atoms with Crippen molar-refractivity contribution in [1.29, 1.82) is 0 Å². The van der Waals surface area contributed by atoms with Gasteiger partial charge in [-0.2, -0.15) is 0 Å². The smallest absolute Gasteiger partial charge is 0.0906 e. The Morgan fingerprint density at radius 2 is 2.29 bits per heavy atom. The van der Waals surface area contributed by atoms with Crippen molar-refractivity contribution in [1.82, 2.24) is 10.2 Å². The molecule has 1 unspecified atom stereocenters. The van der Waals surface area contributed by atoms with Crippen LogP contribution < -0.4 is 5.32 Å². The molecule has 1 rings (SSSR count). The summed E-state index contributed by atoms with van der Waals surface area (Å²) in [5.74, 6) is 0. The van der Waals surface area contributed by atoms with Gasteiger partial charge in [0.2, 0.25) is 0 Å². The van der Waals surface area contributed by atoms with Gasteiger partial charge in [0.1, 0.15) is 0 Å². The summed E-state index contributed by atoms with van der Waals surface area (Å²) in [6.07, 6.45) is 5.86. The highest BCUT2D eigenvalue weighted by molar-refractivity contribution is 4.77. The van der Waals surface area contributed by atoms with Crippen molar-refractivity contribution in [2.24, 2.45) is 0 Å². The number of piperidine rings is 1. The largest absolute Gasteiger partial charge is 0.320 e. The van der Waals surface area contributed by atoms with E-state index < -0.39 is 0 Å². The predicted molar refractivity (Wildman–Crippen MR) is 58.3 cm³/mol. The molecule has 0 aliphatic carbocycles. The summed E-state index contributed by atoms with van der Waals surface area (Å²) in [5, 5.41) is 3.19. The topological polar surface area (TPSA) is 15.3 Å². The normalized spacial score (nSPS) is 24.0. The second kappa shape index (κ2) is 7.18. The maximum absolute atomic E-state index is 12.1. The molecular formula is C11H23FN2. The van der Waals surface area contributed by atoms with E-state index in [-0.39, 0.29) is 6.67 Å². The van der Waals surface area contributed by atoms with Crippen LogP contribution in [-0.2, 0) is 0 Å². The fraction of sp³-hybridized carbons (Fsp3) is 1.00. The predicted octanol–water partition coefficient (Wildman–Crippen LogP) is 1.81. The third-order valence-corrected chi connectivity index (χ3v) is 3.06. The van der Waals surface area contributed by atoms with Crippen molar-refractivity contribution in [3.8, 4) is 0 Å². The van der Waals surface area contributed by atoms with Crippen LogP contribution in [0.15, 0.2) is 0 Å². The number of alkyl halides is 1. The lowest BCUT2D eigenvalue weighted by Gasteiger charge is -2.35. The fourth-order valence-electron chi connectivity index (χ4n) is 2.26. The highest BCUT2D eigenvalue weighted by Gasteiger charge is 2.20. The van der Waals surface area contributed by atoms with Gasteiger partial charge in [-0.25, -0.2) is 0 Å². The molecule has 0 amide bonds. The van der Waals surface area contributed by atoms with Crippen molar-refractivity contribution < 1.29 is 4.39 Å². The maximum atomic E-state index is 12.1. The molecule has 0 aromatic heterocycles. The monoisotopic (exact) mass is 202 g/mol. The van der Waals surface area contributed by atoms with E-state index in [1.165, 1.54) is 32.2 Å². The summed E-state index contributed by atoms with van der Waals surface area (Å²) in [6.45, 7) is 3.03. The van der Waals surface area contributed by atoms with E-state index >= 15 is 0 Å². The van der Waals surface area contributed by atoms with Gasteiger partial charge in [-0.05, 0) is 45.8 Å². The number of rotatable bonds is 6. The van der Waals surface area contributed by atoms with E-state index in [0.717, 1.165) is 13.1 Å². The van der Waals surface area contributed by atoms with E-state index in [9.17, 15) is 4.39 Å². The lowest BCUT2D eigenvalue weighted by Crippen LogP contribution is -2.41. The summed E-state index contributed by atoms with van der Waals surface area (Å²) in [7, 11) is 1.99. The van der Waals surface area contributed by atoms with Crippen LogP contribution in [0.1, 0.15) is 32.1 Å². The molecule has 0 bridgehead atoms. The number of likely N-dealkylation sites (tertiary alicyclic amines) is 1. The average molecular weight is 202 g/mol. The molecule has 1 heterocycles. The van der Waals surface area contributed by atoms with Gasteiger partial charge in [0.05, 0.1) is 6.67 Å². The minimum atomic E-state index is -0.171. The van der Waals surface area contributed by atoms with Crippen molar-refractivity contribution in [2.45, 2.75) is 38.1 Å². The van der Waals surface area contributed by atoms with Gasteiger partial charge in [-0.15, -0.1) is 0 Å². The van der Waals surface area contributed by atoms with Crippen LogP contribution in [0.4, 0.5) is 4.39 Å². The van der Waals surface area contributed by atoms with Crippen LogP contribution in [-0.4, -0.2) is 44.3 Å². The molecule has 1 N–H and O–H groups in total. The molecular weight excluding hydrogens is 179 g/mol. The standard InChI is InChI=1S/C11H23FN2/c1-13-8-6-11-5-2-3-9-14(11)10-4-7-12/h11,13H,2-10H2,1H3. The number of nitrogens with zero attached hydrogens (tertiary/aromatic N) is 1. The summed E-state index contributed by atoms with van der Waals surface area (Å²) in [5.41, 5.74) is 0. The van der Waals surface area contributed by atoms with Crippen LogP contribution in [0.5, 0.6) is 0 Å². The molecule has 14 heavy (non-hydrogen) atoms. The van der Waals surface area contributed by atoms with Gasteiger partial charge in [-0.1, -0.05) is 6.42 Å². The van der Waals surface area contributed by atoms with Gasteiger partial charge in [-0.3, -0.25) is 4.39 Å². The minimum absolute atomic E-state index is 0.171. The Balaban J connectivity index is 2.26. The summed E-state index contributed by atoms with van der Waals surface area (Å²) < 4.78 is 12.1. The second-order valence-corrected chi connectivity index (χ2v) is 4.12. The Hall–Kier alpha value is -0.150. The molecule has 1 saturated heterocycles. The summed E-state index contributed by atoms with van der Waals surface area (Å²) in [4.78, 5) is 2.47. The molecule has 2 nitrogen and oxygen atoms in total. The van der Waals surface area contributed by atoms with Crippen molar-refractivity contribution in [3.63, 3.8) is 0 Å². The van der Waals surface area contributed by atoms with Crippen LogP contribution in [0, 0.1) is 0 Å². The molecule has 0 aromatic rings. The number of halogens is 1. The molecule has 0 spiro atoms. The Morgan fingerprint density at radius 3 is 3.00 bits per heavy atom. The Labute approximate surface area is 86.9 Å². The molecule has 3 heteroatoms. The maximum Gasteiger partial charge on any atom is 0.0906 e. The average Bonchev–Trinajstić information content (AvgIpc) is 2.24. The van der Waals surface area contributed by atoms with Crippen molar-refractivity contribution >= 4 is 0 Å². The van der Waals surface area contributed by atoms with Crippen LogP contribution >= 0.6 is 0 Å². The molecule has 0 radical (unpaired) electrons. The first-order valence-electron chi connectivity index (χ1n) is 5.83. The minimum Gasteiger partial charge on any atom is -0.320 e. The first-order chi connectivity index (χ1) is 6.88. The fourth-order valence-corrected chi connectivity index (χ4v) is 2.26. The Bertz CT molecular complexity index is 125. The third kappa shape index (κ3) is 3.93. The number of nitrogens with one attached hydrogen (secondary N) is 1. The zero-order valence-electron chi connectivity index (χ0n) is 9.27. The van der Waals surface area contributed by atoms with Crippen molar-refractivity contribution in [3.05, 3.63) is 0 Å². The zero-order valence-corrected chi connectivity index (χ0v) is 9.27. The molecule has 1 aliphatic rings. The molecule has 1 fully saturated rings. The van der Waals surface area contributed by atoms with Crippen LogP contribution in [0.25, 0.3) is 0 Å². The van der Waals surface area contributed by atoms with Crippen molar-refractivity contribution in [2.75, 3.05) is 33.4 Å². The van der Waals surface area contributed by atoms with Gasteiger partial charge >= 0.3 is 0 Å². The highest BCUT2D eigenvalue weighted by Crippen LogP contribution is 2.19. The van der Waals surface area contributed by atoms with E-state index in [4.69, 9.17) is 0 Å². The third-order valence-electron chi connectivity index (χ3n) is 3.06. The van der Waals surface area contributed by atoms with E-state index in [1.807, 2.05) is 7.05 Å². The lowest BCUT2D eigenvalue weighted by atomic mass is 9.99. The summed E-state index contributed by atoms with van der Waals surface area (Å²) in [6, 6.07) is 0.697. The number of hydrogen-bond acceptors (Lipinski definition) is 2. The Kier molecular flexibility index (Phi) is 6.12. The quantitative estimate of drug-likeness (QED) is 0.706. The van der Waals surface area contributed by atoms with Gasteiger partial charge < -0.3 is 10.2 Å². The van der Waals surface area contributed by atoms with Gasteiger partial charge in [0.25, 0.3) is 0 Å². The van der Waals surface area contributed by atoms with E-state index in [2.05, 4.69) is 10.2 Å². The second-order valence-electron chi connectivity index (χ2n) is 4.12. The van der Waals surface area contributed by atoms with E-state index in [0.29, 0.717) is 12.5 Å². The molecule has 1 atom stereocenters. The molecule has 1 aliphatic heterocycles. The van der Waals surface area contributed by atoms with E-state index in [1.54, 1.807) is 0 Å². The van der Waals surface area contributed by atoms with Gasteiger partial charge in [0, 0.05) is 12.6 Å². The summed E-state index contributed by atoms with van der Waals surface area (Å²) >= 11 is 0. The number of hydrogen-bond donors (Lipinski definition) is 1. The first-order valence-corrected chi connectivity index (χ1v) is 5.83. The molecule has 0 saturated carbocycles.